The van der Waals surface area contributed by atoms with Gasteiger partial charge in [-0.1, -0.05) is 30.4 Å². The maximum atomic E-state index is 14.2. The monoisotopic (exact) mass is 396 g/mol. The molecule has 1 aromatic carbocycles. The van der Waals surface area contributed by atoms with Crippen molar-refractivity contribution in [3.8, 4) is 0 Å². The van der Waals surface area contributed by atoms with Crippen molar-refractivity contribution in [2.24, 2.45) is 5.92 Å². The number of benzene rings is 1. The molecule has 2 amide bonds. The first kappa shape index (κ1) is 20.1. The quantitative estimate of drug-likeness (QED) is 0.627. The molecule has 0 radical (unpaired) electrons. The van der Waals surface area contributed by atoms with Crippen molar-refractivity contribution in [1.29, 1.82) is 0 Å². The van der Waals surface area contributed by atoms with Crippen LogP contribution in [0.15, 0.2) is 48.3 Å². The Labute approximate surface area is 159 Å². The summed E-state index contributed by atoms with van der Waals surface area (Å²) >= 11 is 0. The van der Waals surface area contributed by atoms with Crippen molar-refractivity contribution in [1.82, 2.24) is 10.2 Å². The van der Waals surface area contributed by atoms with Gasteiger partial charge >= 0.3 is 6.18 Å². The van der Waals surface area contributed by atoms with Crippen LogP contribution in [0.2, 0.25) is 0 Å². The summed E-state index contributed by atoms with van der Waals surface area (Å²) in [5.74, 6) is -3.71. The van der Waals surface area contributed by atoms with Crippen molar-refractivity contribution in [2.75, 3.05) is 13.6 Å². The number of allylic oxidation sites excluding steroid dienone is 2. The minimum absolute atomic E-state index is 0.104. The molecule has 0 unspecified atom stereocenters. The van der Waals surface area contributed by atoms with Gasteiger partial charge in [0, 0.05) is 19.5 Å². The molecule has 1 aliphatic heterocycles. The molecule has 1 aromatic rings. The van der Waals surface area contributed by atoms with E-state index in [4.69, 9.17) is 0 Å². The van der Waals surface area contributed by atoms with Crippen LogP contribution in [-0.4, -0.2) is 35.8 Å². The Morgan fingerprint density at radius 3 is 2.68 bits per heavy atom. The van der Waals surface area contributed by atoms with Gasteiger partial charge in [0.2, 0.25) is 11.8 Å². The highest BCUT2D eigenvalue weighted by atomic mass is 19.4. The van der Waals surface area contributed by atoms with Gasteiger partial charge in [0.25, 0.3) is 0 Å². The zero-order chi connectivity index (χ0) is 20.7. The summed E-state index contributed by atoms with van der Waals surface area (Å²) in [4.78, 5) is 26.8. The second-order valence-corrected chi connectivity index (χ2v) is 7.39. The van der Waals surface area contributed by atoms with E-state index in [9.17, 15) is 27.2 Å². The van der Waals surface area contributed by atoms with Crippen LogP contribution >= 0.6 is 0 Å². The molecule has 2 aliphatic rings. The van der Waals surface area contributed by atoms with Crippen LogP contribution < -0.4 is 5.32 Å². The fourth-order valence-corrected chi connectivity index (χ4v) is 3.64. The van der Waals surface area contributed by atoms with Crippen molar-refractivity contribution in [3.63, 3.8) is 0 Å². The molecule has 1 fully saturated rings. The summed E-state index contributed by atoms with van der Waals surface area (Å²) in [5.41, 5.74) is -1.88. The number of alkyl halides is 3. The number of nitrogens with one attached hydrogen (secondary N) is 1. The molecule has 0 saturated carbocycles. The number of hydrogen-bond acceptors (Lipinski definition) is 2. The average Bonchev–Trinajstić information content (AvgIpc) is 2.92. The Kier molecular flexibility index (Phi) is 5.08. The van der Waals surface area contributed by atoms with Crippen LogP contribution in [0, 0.1) is 5.92 Å². The van der Waals surface area contributed by atoms with Crippen molar-refractivity contribution >= 4 is 11.8 Å². The lowest BCUT2D eigenvalue weighted by Crippen LogP contribution is -2.51. The third-order valence-corrected chi connectivity index (χ3v) is 5.27. The molecule has 0 bridgehead atoms. The molecule has 1 N–H and O–H groups in total. The highest BCUT2D eigenvalue weighted by molar-refractivity contribution is 6.03. The van der Waals surface area contributed by atoms with E-state index in [-0.39, 0.29) is 18.5 Å². The van der Waals surface area contributed by atoms with Gasteiger partial charge in [-0.3, -0.25) is 9.59 Å². The van der Waals surface area contributed by atoms with Crippen LogP contribution in [0.25, 0.3) is 0 Å². The zero-order valence-electron chi connectivity index (χ0n) is 15.4. The molecule has 3 atom stereocenters. The van der Waals surface area contributed by atoms with Gasteiger partial charge in [0.1, 0.15) is 11.7 Å². The number of carbonyl (C=O) groups is 2. The van der Waals surface area contributed by atoms with E-state index in [2.05, 4.69) is 5.32 Å². The Morgan fingerprint density at radius 2 is 2.04 bits per heavy atom. The van der Waals surface area contributed by atoms with Gasteiger partial charge in [-0.2, -0.15) is 13.2 Å². The first-order valence-corrected chi connectivity index (χ1v) is 8.80. The van der Waals surface area contributed by atoms with Gasteiger partial charge in [0.05, 0.1) is 11.1 Å². The Bertz CT molecular complexity index is 862. The number of amides is 2. The Balaban J connectivity index is 1.90. The second kappa shape index (κ2) is 7.07. The third-order valence-electron chi connectivity index (χ3n) is 5.27. The van der Waals surface area contributed by atoms with Gasteiger partial charge in [-0.05, 0) is 31.1 Å². The minimum atomic E-state index is -4.53. The number of hydrogen-bond donors (Lipinski definition) is 1. The second-order valence-electron chi connectivity index (χ2n) is 7.39. The molecule has 0 aromatic heterocycles. The number of carbonyl (C=O) groups excluding carboxylic acids is 2. The summed E-state index contributed by atoms with van der Waals surface area (Å²) < 4.78 is 53.4. The van der Waals surface area contributed by atoms with Crippen molar-refractivity contribution < 1.29 is 27.2 Å². The Hall–Kier alpha value is -2.64. The molecule has 0 spiro atoms. The lowest BCUT2D eigenvalue weighted by molar-refractivity contribution is -0.138. The maximum Gasteiger partial charge on any atom is 0.416 e. The average molecular weight is 396 g/mol. The first-order valence-electron chi connectivity index (χ1n) is 8.80. The SMILES string of the molecule is CN1C[C@H](c2cccc(C(F)(F)F)c2)[C@@H](C(=O)N[C@]2(C)CC=CC=C2F)C1=O. The summed E-state index contributed by atoms with van der Waals surface area (Å²) in [7, 11) is 1.49. The normalized spacial score (nSPS) is 27.7. The number of nitrogens with zero attached hydrogens (tertiary/aromatic N) is 1. The molecule has 4 nitrogen and oxygen atoms in total. The van der Waals surface area contributed by atoms with E-state index < -0.39 is 46.8 Å². The predicted octanol–water partition coefficient (Wildman–Crippen LogP) is 3.57. The topological polar surface area (TPSA) is 49.4 Å². The molecular formula is C20H20F4N2O2. The highest BCUT2D eigenvalue weighted by Crippen LogP contribution is 2.37. The number of likely N-dealkylation sites (N-methyl/N-ethyl adjacent to an activating group) is 1. The maximum absolute atomic E-state index is 14.2. The fraction of sp³-hybridized carbons (Fsp3) is 0.400. The fourth-order valence-electron chi connectivity index (χ4n) is 3.64. The number of rotatable bonds is 3. The lowest BCUT2D eigenvalue weighted by atomic mass is 9.85. The molecular weight excluding hydrogens is 376 g/mol. The molecule has 28 heavy (non-hydrogen) atoms. The van der Waals surface area contributed by atoms with Gasteiger partial charge < -0.3 is 10.2 Å². The van der Waals surface area contributed by atoms with E-state index in [0.717, 1.165) is 12.1 Å². The first-order chi connectivity index (χ1) is 13.0. The molecule has 1 aliphatic carbocycles. The number of likely N-dealkylation sites (tertiary alicyclic amines) is 1. The van der Waals surface area contributed by atoms with Crippen LogP contribution in [0.1, 0.15) is 30.4 Å². The highest BCUT2D eigenvalue weighted by Gasteiger charge is 2.46. The molecule has 8 heteroatoms. The van der Waals surface area contributed by atoms with E-state index in [1.807, 2.05) is 0 Å². The van der Waals surface area contributed by atoms with E-state index in [1.54, 1.807) is 6.08 Å². The predicted molar refractivity (Wildman–Crippen MR) is 94.8 cm³/mol. The van der Waals surface area contributed by atoms with Crippen LogP contribution in [0.3, 0.4) is 0 Å². The lowest BCUT2D eigenvalue weighted by Gasteiger charge is -2.31. The largest absolute Gasteiger partial charge is 0.416 e. The van der Waals surface area contributed by atoms with Gasteiger partial charge in [-0.15, -0.1) is 0 Å². The van der Waals surface area contributed by atoms with Crippen LogP contribution in [0.5, 0.6) is 0 Å². The molecule has 1 heterocycles. The van der Waals surface area contributed by atoms with Gasteiger partial charge in [0.15, 0.2) is 0 Å². The van der Waals surface area contributed by atoms with E-state index in [1.165, 1.54) is 43.2 Å². The summed E-state index contributed by atoms with van der Waals surface area (Å²) in [6.07, 6.45) is 0.139. The minimum Gasteiger partial charge on any atom is -0.344 e. The smallest absolute Gasteiger partial charge is 0.344 e. The van der Waals surface area contributed by atoms with Crippen LogP contribution in [0.4, 0.5) is 17.6 Å². The zero-order valence-corrected chi connectivity index (χ0v) is 15.4. The summed E-state index contributed by atoms with van der Waals surface area (Å²) in [6.45, 7) is 1.61. The molecule has 3 rings (SSSR count). The summed E-state index contributed by atoms with van der Waals surface area (Å²) in [5, 5.41) is 2.58. The third kappa shape index (κ3) is 3.68. The van der Waals surface area contributed by atoms with Crippen molar-refractivity contribution in [3.05, 3.63) is 59.4 Å². The molecule has 150 valence electrons. The van der Waals surface area contributed by atoms with Gasteiger partial charge in [-0.25, -0.2) is 4.39 Å². The molecule has 1 saturated heterocycles. The Morgan fingerprint density at radius 1 is 1.32 bits per heavy atom. The summed E-state index contributed by atoms with van der Waals surface area (Å²) in [6, 6.07) is 4.63. The van der Waals surface area contributed by atoms with E-state index in [0.29, 0.717) is 0 Å². The number of halogens is 4. The van der Waals surface area contributed by atoms with Crippen molar-refractivity contribution in [2.45, 2.75) is 31.0 Å². The van der Waals surface area contributed by atoms with E-state index >= 15 is 0 Å². The van der Waals surface area contributed by atoms with Crippen LogP contribution in [-0.2, 0) is 15.8 Å². The standard InChI is InChI=1S/C20H20F4N2O2/c1-19(9-4-3-8-15(19)21)25-17(27)16-14(11-26(2)18(16)28)12-6-5-7-13(10-12)20(22,23)24/h3-8,10,14,16H,9,11H2,1-2H3,(H,25,27)/t14-,16+,19-/m1/s1.